The van der Waals surface area contributed by atoms with E-state index in [0.29, 0.717) is 0 Å². The predicted molar refractivity (Wildman–Crippen MR) is 83.8 cm³/mol. The SMILES string of the molecule is CC(C)[C@@H](Nc1ccc2nnc(C(F)F)n2n1)C(=O)OC(C)(C)C. The smallest absolute Gasteiger partial charge is 0.329 e. The maximum Gasteiger partial charge on any atom is 0.329 e. The quantitative estimate of drug-likeness (QED) is 0.842. The molecule has 0 bridgehead atoms. The molecule has 2 rings (SSSR count). The summed E-state index contributed by atoms with van der Waals surface area (Å²) in [5, 5.41) is 14.0. The van der Waals surface area contributed by atoms with Crippen LogP contribution in [0.4, 0.5) is 14.6 Å². The molecule has 132 valence electrons. The number of hydrogen-bond acceptors (Lipinski definition) is 6. The van der Waals surface area contributed by atoms with E-state index >= 15 is 0 Å². The van der Waals surface area contributed by atoms with E-state index in [1.807, 2.05) is 13.8 Å². The Morgan fingerprint density at radius 2 is 1.92 bits per heavy atom. The molecule has 0 fully saturated rings. The monoisotopic (exact) mass is 341 g/mol. The lowest BCUT2D eigenvalue weighted by Gasteiger charge is -2.26. The van der Waals surface area contributed by atoms with Gasteiger partial charge in [0, 0.05) is 0 Å². The Labute approximate surface area is 138 Å². The fourth-order valence-electron chi connectivity index (χ4n) is 2.04. The predicted octanol–water partition coefficient (Wildman–Crippen LogP) is 2.84. The Morgan fingerprint density at radius 1 is 1.25 bits per heavy atom. The molecule has 2 aromatic rings. The number of rotatable bonds is 5. The van der Waals surface area contributed by atoms with Gasteiger partial charge in [-0.1, -0.05) is 13.8 Å². The van der Waals surface area contributed by atoms with Gasteiger partial charge >= 0.3 is 5.97 Å². The van der Waals surface area contributed by atoms with Crippen LogP contribution in [0.25, 0.3) is 5.65 Å². The summed E-state index contributed by atoms with van der Waals surface area (Å²) in [7, 11) is 0. The number of fused-ring (bicyclic) bond motifs is 1. The molecule has 7 nitrogen and oxygen atoms in total. The summed E-state index contributed by atoms with van der Waals surface area (Å²) in [6.45, 7) is 9.03. The van der Waals surface area contributed by atoms with Crippen molar-refractivity contribution in [2.75, 3.05) is 5.32 Å². The third kappa shape index (κ3) is 4.15. The maximum absolute atomic E-state index is 12.9. The number of carbonyl (C=O) groups is 1. The average molecular weight is 341 g/mol. The minimum absolute atomic E-state index is 0.0900. The van der Waals surface area contributed by atoms with Gasteiger partial charge in [0.2, 0.25) is 5.82 Å². The summed E-state index contributed by atoms with van der Waals surface area (Å²) in [6.07, 6.45) is -2.80. The summed E-state index contributed by atoms with van der Waals surface area (Å²) in [4.78, 5) is 12.3. The Bertz CT molecular complexity index is 724. The molecule has 0 radical (unpaired) electrons. The molecular formula is C15H21F2N5O2. The van der Waals surface area contributed by atoms with Crippen molar-refractivity contribution in [1.82, 2.24) is 19.8 Å². The Kier molecular flexibility index (Phi) is 5.00. The van der Waals surface area contributed by atoms with Crippen molar-refractivity contribution >= 4 is 17.4 Å². The second-order valence-electron chi connectivity index (χ2n) is 6.75. The molecule has 0 unspecified atom stereocenters. The van der Waals surface area contributed by atoms with E-state index in [0.717, 1.165) is 4.52 Å². The van der Waals surface area contributed by atoms with E-state index in [9.17, 15) is 13.6 Å². The van der Waals surface area contributed by atoms with Gasteiger partial charge < -0.3 is 10.1 Å². The van der Waals surface area contributed by atoms with Gasteiger partial charge in [-0.2, -0.15) is 4.52 Å². The van der Waals surface area contributed by atoms with Gasteiger partial charge in [-0.25, -0.2) is 13.6 Å². The molecule has 2 heterocycles. The fourth-order valence-corrected chi connectivity index (χ4v) is 2.04. The van der Waals surface area contributed by atoms with Crippen LogP contribution in [-0.2, 0) is 9.53 Å². The molecule has 9 heteroatoms. The largest absolute Gasteiger partial charge is 0.458 e. The van der Waals surface area contributed by atoms with E-state index in [4.69, 9.17) is 4.74 Å². The third-order valence-corrected chi connectivity index (χ3v) is 3.11. The van der Waals surface area contributed by atoms with Crippen molar-refractivity contribution in [2.24, 2.45) is 5.92 Å². The summed E-state index contributed by atoms with van der Waals surface area (Å²) in [6, 6.07) is 2.39. The van der Waals surface area contributed by atoms with Crippen LogP contribution >= 0.6 is 0 Å². The number of anilines is 1. The Hall–Kier alpha value is -2.32. The topological polar surface area (TPSA) is 81.4 Å². The third-order valence-electron chi connectivity index (χ3n) is 3.11. The van der Waals surface area contributed by atoms with Crippen molar-refractivity contribution in [3.05, 3.63) is 18.0 Å². The molecule has 0 aliphatic heterocycles. The number of alkyl halides is 2. The number of halogens is 2. The highest BCUT2D eigenvalue weighted by atomic mass is 19.3. The van der Waals surface area contributed by atoms with Crippen molar-refractivity contribution in [3.8, 4) is 0 Å². The van der Waals surface area contributed by atoms with Crippen LogP contribution < -0.4 is 5.32 Å². The summed E-state index contributed by atoms with van der Waals surface area (Å²) in [5.74, 6) is -0.814. The molecule has 0 aliphatic rings. The lowest BCUT2D eigenvalue weighted by molar-refractivity contribution is -0.156. The number of nitrogens with zero attached hydrogens (tertiary/aromatic N) is 4. The van der Waals surface area contributed by atoms with Crippen LogP contribution in [-0.4, -0.2) is 37.4 Å². The highest BCUT2D eigenvalue weighted by molar-refractivity contribution is 5.79. The summed E-state index contributed by atoms with van der Waals surface area (Å²) < 4.78 is 32.2. The standard InChI is InChI=1S/C15H21F2N5O2/c1-8(2)11(14(23)24-15(3,4)5)18-9-6-7-10-19-20-13(12(16)17)22(10)21-9/h6-8,11-12H,1-5H3,(H,18,21)/t11-/m1/s1. The van der Waals surface area contributed by atoms with Crippen molar-refractivity contribution in [1.29, 1.82) is 0 Å². The van der Waals surface area contributed by atoms with Crippen LogP contribution in [0.2, 0.25) is 0 Å². The van der Waals surface area contributed by atoms with Gasteiger partial charge in [-0.15, -0.1) is 15.3 Å². The zero-order valence-electron chi connectivity index (χ0n) is 14.2. The van der Waals surface area contributed by atoms with Crippen LogP contribution in [0.5, 0.6) is 0 Å². The van der Waals surface area contributed by atoms with Crippen molar-refractivity contribution < 1.29 is 18.3 Å². The normalized spacial score (nSPS) is 13.5. The van der Waals surface area contributed by atoms with Gasteiger partial charge in [0.05, 0.1) is 0 Å². The molecular weight excluding hydrogens is 320 g/mol. The molecule has 0 saturated carbocycles. The second kappa shape index (κ2) is 6.66. The molecule has 0 aromatic carbocycles. The first-order valence-corrected chi connectivity index (χ1v) is 7.58. The van der Waals surface area contributed by atoms with Crippen LogP contribution in [0.15, 0.2) is 12.1 Å². The lowest BCUT2D eigenvalue weighted by atomic mass is 10.0. The number of hydrogen-bond donors (Lipinski definition) is 1. The minimum Gasteiger partial charge on any atom is -0.458 e. The number of carbonyl (C=O) groups excluding carboxylic acids is 1. The van der Waals surface area contributed by atoms with Crippen LogP contribution in [0, 0.1) is 5.92 Å². The lowest BCUT2D eigenvalue weighted by Crippen LogP contribution is -2.40. The Morgan fingerprint density at radius 3 is 2.46 bits per heavy atom. The first kappa shape index (κ1) is 18.0. The number of ether oxygens (including phenoxy) is 1. The van der Waals surface area contributed by atoms with Crippen LogP contribution in [0.1, 0.15) is 46.9 Å². The minimum atomic E-state index is -2.80. The van der Waals surface area contributed by atoms with Gasteiger partial charge in [0.1, 0.15) is 17.5 Å². The number of nitrogens with one attached hydrogen (secondary N) is 1. The molecule has 24 heavy (non-hydrogen) atoms. The van der Waals surface area contributed by atoms with Crippen molar-refractivity contribution in [2.45, 2.75) is 52.7 Å². The van der Waals surface area contributed by atoms with Crippen molar-refractivity contribution in [3.63, 3.8) is 0 Å². The molecule has 0 amide bonds. The number of aromatic nitrogens is 4. The fraction of sp³-hybridized carbons (Fsp3) is 0.600. The zero-order chi connectivity index (χ0) is 18.1. The van der Waals surface area contributed by atoms with Gasteiger partial charge in [-0.05, 0) is 38.8 Å². The van der Waals surface area contributed by atoms with E-state index in [1.54, 1.807) is 26.8 Å². The first-order valence-electron chi connectivity index (χ1n) is 7.58. The molecule has 1 atom stereocenters. The molecule has 0 saturated heterocycles. The molecule has 2 aromatic heterocycles. The maximum atomic E-state index is 12.9. The van der Waals surface area contributed by atoms with E-state index in [-0.39, 0.29) is 17.4 Å². The highest BCUT2D eigenvalue weighted by Gasteiger charge is 2.28. The van der Waals surface area contributed by atoms with Gasteiger partial charge in [0.25, 0.3) is 6.43 Å². The van der Waals surface area contributed by atoms with Gasteiger partial charge in [-0.3, -0.25) is 0 Å². The summed E-state index contributed by atoms with van der Waals surface area (Å²) in [5.41, 5.74) is -0.422. The number of esters is 1. The van der Waals surface area contributed by atoms with E-state index < -0.39 is 29.9 Å². The highest BCUT2D eigenvalue weighted by Crippen LogP contribution is 2.19. The Balaban J connectivity index is 2.27. The molecule has 0 spiro atoms. The molecule has 1 N–H and O–H groups in total. The van der Waals surface area contributed by atoms with Crippen LogP contribution in [0.3, 0.4) is 0 Å². The van der Waals surface area contributed by atoms with E-state index in [1.165, 1.54) is 6.07 Å². The average Bonchev–Trinajstić information content (AvgIpc) is 2.85. The van der Waals surface area contributed by atoms with Gasteiger partial charge in [0.15, 0.2) is 5.65 Å². The summed E-state index contributed by atoms with van der Waals surface area (Å²) >= 11 is 0. The second-order valence-corrected chi connectivity index (χ2v) is 6.75. The first-order chi connectivity index (χ1) is 11.1. The zero-order valence-corrected chi connectivity index (χ0v) is 14.2. The molecule has 0 aliphatic carbocycles. The van der Waals surface area contributed by atoms with E-state index in [2.05, 4.69) is 20.6 Å².